The van der Waals surface area contributed by atoms with E-state index in [4.69, 9.17) is 0 Å². The minimum Gasteiger partial charge on any atom is -0.342 e. The molecule has 2 rings (SSSR count). The molecule has 0 aliphatic rings. The maximum Gasteiger partial charge on any atom is 0.103 e. The molecule has 0 saturated heterocycles. The van der Waals surface area contributed by atoms with Crippen LogP contribution in [-0.2, 0) is 0 Å². The third kappa shape index (κ3) is 3.38. The normalized spacial score (nSPS) is 9.47. The predicted molar refractivity (Wildman–Crippen MR) is 73.9 cm³/mol. The minimum atomic E-state index is 0.974. The zero-order valence-electron chi connectivity index (χ0n) is 9.85. The second-order valence-corrected chi connectivity index (χ2v) is 3.68. The van der Waals surface area contributed by atoms with E-state index in [9.17, 15) is 0 Å². The molecular formula is C15H16N2. The number of para-hydroxylation sites is 2. The molecule has 0 aliphatic heterocycles. The van der Waals surface area contributed by atoms with E-state index in [0.717, 1.165) is 17.2 Å². The first kappa shape index (κ1) is 11.3. The van der Waals surface area contributed by atoms with E-state index in [1.165, 1.54) is 0 Å². The highest BCUT2D eigenvalue weighted by molar-refractivity contribution is 5.55. The Bertz CT molecular complexity index is 431. The summed E-state index contributed by atoms with van der Waals surface area (Å²) in [6.07, 6.45) is 2.01. The van der Waals surface area contributed by atoms with Crippen molar-refractivity contribution in [3.63, 3.8) is 0 Å². The number of benzene rings is 2. The molecule has 0 aromatic heterocycles. The molecule has 0 fully saturated rings. The molecular weight excluding hydrogens is 208 g/mol. The van der Waals surface area contributed by atoms with Gasteiger partial charge in [-0.2, -0.15) is 0 Å². The first-order chi connectivity index (χ1) is 8.38. The molecule has 2 heteroatoms. The molecule has 0 amide bonds. The van der Waals surface area contributed by atoms with Crippen molar-refractivity contribution < 1.29 is 0 Å². The fourth-order valence-electron chi connectivity index (χ4n) is 1.53. The number of hydrogen-bond donors (Lipinski definition) is 2. The van der Waals surface area contributed by atoms with Crippen LogP contribution in [0.5, 0.6) is 0 Å². The molecule has 0 bridgehead atoms. The molecule has 0 heterocycles. The van der Waals surface area contributed by atoms with Crippen LogP contribution in [0.4, 0.5) is 11.4 Å². The van der Waals surface area contributed by atoms with Crippen molar-refractivity contribution in [2.24, 2.45) is 0 Å². The maximum atomic E-state index is 3.33. The summed E-state index contributed by atoms with van der Waals surface area (Å²) in [7, 11) is 0. The van der Waals surface area contributed by atoms with Gasteiger partial charge in [-0.3, -0.25) is 0 Å². The van der Waals surface area contributed by atoms with E-state index < -0.39 is 0 Å². The first-order valence-electron chi connectivity index (χ1n) is 5.69. The lowest BCUT2D eigenvalue weighted by atomic mass is 10.3. The van der Waals surface area contributed by atoms with Crippen LogP contribution in [0.1, 0.15) is 6.92 Å². The lowest BCUT2D eigenvalue weighted by Crippen LogP contribution is -2.09. The van der Waals surface area contributed by atoms with E-state index >= 15 is 0 Å². The molecule has 0 atom stereocenters. The van der Waals surface area contributed by atoms with Crippen LogP contribution >= 0.6 is 0 Å². The topological polar surface area (TPSA) is 24.1 Å². The summed E-state index contributed by atoms with van der Waals surface area (Å²) in [5, 5.41) is 6.65. The molecule has 0 spiro atoms. The number of hydrogen-bond acceptors (Lipinski definition) is 2. The Kier molecular flexibility index (Phi) is 3.81. The number of nitrogens with one attached hydrogen (secondary N) is 2. The molecule has 0 saturated carbocycles. The van der Waals surface area contributed by atoms with Gasteiger partial charge < -0.3 is 10.6 Å². The quantitative estimate of drug-likeness (QED) is 0.818. The Morgan fingerprint density at radius 2 is 1.18 bits per heavy atom. The van der Waals surface area contributed by atoms with Gasteiger partial charge >= 0.3 is 0 Å². The van der Waals surface area contributed by atoms with Crippen molar-refractivity contribution in [2.45, 2.75) is 6.92 Å². The third-order valence-electron chi connectivity index (χ3n) is 2.39. The van der Waals surface area contributed by atoms with E-state index in [1.807, 2.05) is 73.7 Å². The van der Waals surface area contributed by atoms with Crippen LogP contribution < -0.4 is 10.6 Å². The molecule has 2 aromatic rings. The molecule has 2 nitrogen and oxygen atoms in total. The van der Waals surface area contributed by atoms with Crippen LogP contribution in [0.3, 0.4) is 0 Å². The zero-order valence-corrected chi connectivity index (χ0v) is 9.85. The number of allylic oxidation sites excluding steroid dienone is 1. The highest BCUT2D eigenvalue weighted by Crippen LogP contribution is 2.12. The van der Waals surface area contributed by atoms with Crippen molar-refractivity contribution in [1.29, 1.82) is 0 Å². The van der Waals surface area contributed by atoms with Crippen LogP contribution in [0, 0.1) is 0 Å². The first-order valence-corrected chi connectivity index (χ1v) is 5.69. The second kappa shape index (κ2) is 5.75. The van der Waals surface area contributed by atoms with Gasteiger partial charge in [-0.05, 0) is 37.3 Å². The van der Waals surface area contributed by atoms with Gasteiger partial charge in [-0.15, -0.1) is 0 Å². The van der Waals surface area contributed by atoms with Crippen LogP contribution in [0.2, 0.25) is 0 Å². The van der Waals surface area contributed by atoms with Gasteiger partial charge in [0.1, 0.15) is 5.82 Å². The highest BCUT2D eigenvalue weighted by Gasteiger charge is 1.96. The van der Waals surface area contributed by atoms with Crippen molar-refractivity contribution in [3.8, 4) is 0 Å². The van der Waals surface area contributed by atoms with Crippen molar-refractivity contribution in [1.82, 2.24) is 0 Å². The molecule has 17 heavy (non-hydrogen) atoms. The van der Waals surface area contributed by atoms with Gasteiger partial charge in [0.15, 0.2) is 0 Å². The van der Waals surface area contributed by atoms with Gasteiger partial charge in [-0.1, -0.05) is 36.4 Å². The Hall–Kier alpha value is -2.22. The maximum absolute atomic E-state index is 3.33. The summed E-state index contributed by atoms with van der Waals surface area (Å²) in [5.41, 5.74) is 2.15. The molecule has 2 aromatic carbocycles. The van der Waals surface area contributed by atoms with Gasteiger partial charge in [0.25, 0.3) is 0 Å². The van der Waals surface area contributed by atoms with Crippen LogP contribution in [-0.4, -0.2) is 0 Å². The fourth-order valence-corrected chi connectivity index (χ4v) is 1.53. The molecule has 2 N–H and O–H groups in total. The Labute approximate surface area is 102 Å². The molecule has 0 aliphatic carbocycles. The van der Waals surface area contributed by atoms with E-state index in [1.54, 1.807) is 0 Å². The van der Waals surface area contributed by atoms with Gasteiger partial charge in [0, 0.05) is 11.4 Å². The Morgan fingerprint density at radius 1 is 0.765 bits per heavy atom. The zero-order chi connectivity index (χ0) is 11.9. The largest absolute Gasteiger partial charge is 0.342 e. The summed E-state index contributed by atoms with van der Waals surface area (Å²) >= 11 is 0. The predicted octanol–water partition coefficient (Wildman–Crippen LogP) is 4.07. The molecule has 0 radical (unpaired) electrons. The molecule has 0 unspecified atom stereocenters. The SMILES string of the molecule is CC=C(Nc1ccccc1)Nc1ccccc1. The standard InChI is InChI=1S/C15H16N2/c1-2-15(16-13-9-5-3-6-10-13)17-14-11-7-4-8-12-14/h2-12,16-17H,1H3. The summed E-state index contributed by atoms with van der Waals surface area (Å²) < 4.78 is 0. The average Bonchev–Trinajstić information content (AvgIpc) is 2.40. The average molecular weight is 224 g/mol. The van der Waals surface area contributed by atoms with Gasteiger partial charge in [0.05, 0.1) is 0 Å². The smallest absolute Gasteiger partial charge is 0.103 e. The lowest BCUT2D eigenvalue weighted by Gasteiger charge is -2.13. The summed E-state index contributed by atoms with van der Waals surface area (Å²) in [4.78, 5) is 0. The van der Waals surface area contributed by atoms with Crippen molar-refractivity contribution in [2.75, 3.05) is 10.6 Å². The minimum absolute atomic E-state index is 0.974. The number of rotatable bonds is 4. The number of anilines is 2. The summed E-state index contributed by atoms with van der Waals surface area (Å²) in [5.74, 6) is 0.974. The Balaban J connectivity index is 2.04. The summed E-state index contributed by atoms with van der Waals surface area (Å²) in [6, 6.07) is 20.2. The Morgan fingerprint density at radius 3 is 1.53 bits per heavy atom. The second-order valence-electron chi connectivity index (χ2n) is 3.68. The van der Waals surface area contributed by atoms with Crippen molar-refractivity contribution in [3.05, 3.63) is 72.6 Å². The van der Waals surface area contributed by atoms with E-state index in [2.05, 4.69) is 10.6 Å². The van der Waals surface area contributed by atoms with Gasteiger partial charge in [-0.25, -0.2) is 0 Å². The van der Waals surface area contributed by atoms with Crippen molar-refractivity contribution >= 4 is 11.4 Å². The van der Waals surface area contributed by atoms with E-state index in [0.29, 0.717) is 0 Å². The monoisotopic (exact) mass is 224 g/mol. The summed E-state index contributed by atoms with van der Waals surface area (Å²) in [6.45, 7) is 2.00. The van der Waals surface area contributed by atoms with Gasteiger partial charge in [0.2, 0.25) is 0 Å². The fraction of sp³-hybridized carbons (Fsp3) is 0.0667. The van der Waals surface area contributed by atoms with E-state index in [-0.39, 0.29) is 0 Å². The molecule has 86 valence electrons. The lowest BCUT2D eigenvalue weighted by molar-refractivity contribution is 1.34. The van der Waals surface area contributed by atoms with Crippen LogP contribution in [0.25, 0.3) is 0 Å². The third-order valence-corrected chi connectivity index (χ3v) is 2.39. The van der Waals surface area contributed by atoms with Crippen LogP contribution in [0.15, 0.2) is 72.6 Å². The highest BCUT2D eigenvalue weighted by atomic mass is 15.1.